The molecule has 0 aliphatic rings. The van der Waals surface area contributed by atoms with Crippen LogP contribution in [0.2, 0.25) is 0 Å². The third-order valence-electron chi connectivity index (χ3n) is 5.36. The molecule has 0 fully saturated rings. The van der Waals surface area contributed by atoms with Crippen LogP contribution in [0.1, 0.15) is 18.9 Å². The van der Waals surface area contributed by atoms with E-state index in [1.165, 1.54) is 10.9 Å². The fourth-order valence-electron chi connectivity index (χ4n) is 3.51. The molecule has 0 unspecified atom stereocenters. The topological polar surface area (TPSA) is 102 Å². The zero-order valence-corrected chi connectivity index (χ0v) is 18.4. The molecule has 1 aromatic heterocycles. The van der Waals surface area contributed by atoms with Gasteiger partial charge in [-0.25, -0.2) is 4.98 Å². The van der Waals surface area contributed by atoms with Crippen molar-refractivity contribution in [1.82, 2.24) is 20.4 Å². The number of hydrazine groups is 1. The lowest BCUT2D eigenvalue weighted by Gasteiger charge is -2.15. The Hall–Kier alpha value is -4.20. The number of aromatic nitrogens is 2. The number of carbonyl (C=O) groups excluding carboxylic acids is 2. The third kappa shape index (κ3) is 5.01. The second-order valence-electron chi connectivity index (χ2n) is 7.77. The van der Waals surface area contributed by atoms with Crippen LogP contribution in [0, 0.1) is 6.92 Å². The zero-order chi connectivity index (χ0) is 23.4. The number of hydrogen-bond acceptors (Lipinski definition) is 5. The van der Waals surface area contributed by atoms with Gasteiger partial charge in [-0.2, -0.15) is 0 Å². The molecule has 8 heteroatoms. The summed E-state index contributed by atoms with van der Waals surface area (Å²) in [4.78, 5) is 41.4. The number of para-hydroxylation sites is 1. The molecule has 0 bridgehead atoms. The summed E-state index contributed by atoms with van der Waals surface area (Å²) in [6.45, 7) is 3.62. The zero-order valence-electron chi connectivity index (χ0n) is 18.4. The molecule has 2 N–H and O–H groups in total. The highest BCUT2D eigenvalue weighted by Crippen LogP contribution is 2.21. The maximum atomic E-state index is 12.6. The van der Waals surface area contributed by atoms with Crippen LogP contribution in [0.15, 0.2) is 71.8 Å². The number of ether oxygens (including phenoxy) is 1. The first-order chi connectivity index (χ1) is 15.9. The van der Waals surface area contributed by atoms with Crippen molar-refractivity contribution in [1.29, 1.82) is 0 Å². The van der Waals surface area contributed by atoms with E-state index in [0.29, 0.717) is 16.7 Å². The molecule has 4 rings (SSSR count). The molecule has 3 aromatic carbocycles. The summed E-state index contributed by atoms with van der Waals surface area (Å²) in [7, 11) is 0. The van der Waals surface area contributed by atoms with Crippen LogP contribution >= 0.6 is 0 Å². The predicted molar refractivity (Wildman–Crippen MR) is 126 cm³/mol. The molecule has 0 saturated carbocycles. The molecule has 1 heterocycles. The SMILES string of the molecule is Cc1cccc2c(=O)n(CCC(=O)NNC(=O)[C@H](C)Oc3ccc4ccccc4c3)cnc12. The Morgan fingerprint density at radius 2 is 1.82 bits per heavy atom. The van der Waals surface area contributed by atoms with Gasteiger partial charge in [-0.1, -0.05) is 42.5 Å². The Bertz CT molecular complexity index is 1400. The molecule has 0 aliphatic heterocycles. The van der Waals surface area contributed by atoms with E-state index in [2.05, 4.69) is 15.8 Å². The highest BCUT2D eigenvalue weighted by atomic mass is 16.5. The van der Waals surface area contributed by atoms with Crippen molar-refractivity contribution in [2.45, 2.75) is 32.9 Å². The summed E-state index contributed by atoms with van der Waals surface area (Å²) in [5.74, 6) is -0.366. The summed E-state index contributed by atoms with van der Waals surface area (Å²) >= 11 is 0. The number of hydrogen-bond donors (Lipinski definition) is 2. The Balaban J connectivity index is 1.29. The Morgan fingerprint density at radius 3 is 2.64 bits per heavy atom. The van der Waals surface area contributed by atoms with Gasteiger partial charge in [-0.15, -0.1) is 0 Å². The van der Waals surface area contributed by atoms with Crippen molar-refractivity contribution in [2.24, 2.45) is 0 Å². The van der Waals surface area contributed by atoms with Gasteiger partial charge >= 0.3 is 0 Å². The molecule has 4 aromatic rings. The predicted octanol–water partition coefficient (Wildman–Crippen LogP) is 2.86. The first-order valence-electron chi connectivity index (χ1n) is 10.6. The van der Waals surface area contributed by atoms with Gasteiger partial charge in [0.1, 0.15) is 5.75 Å². The Morgan fingerprint density at radius 1 is 1.03 bits per heavy atom. The van der Waals surface area contributed by atoms with Crippen molar-refractivity contribution in [2.75, 3.05) is 0 Å². The van der Waals surface area contributed by atoms with Gasteiger partial charge in [0, 0.05) is 13.0 Å². The molecule has 168 valence electrons. The number of carbonyl (C=O) groups is 2. The summed E-state index contributed by atoms with van der Waals surface area (Å²) in [5.41, 5.74) is 6.07. The molecule has 0 aliphatic carbocycles. The molecule has 8 nitrogen and oxygen atoms in total. The van der Waals surface area contributed by atoms with Crippen LogP contribution < -0.4 is 21.1 Å². The summed E-state index contributed by atoms with van der Waals surface area (Å²) in [6.07, 6.45) is 0.615. The number of nitrogens with one attached hydrogen (secondary N) is 2. The maximum Gasteiger partial charge on any atom is 0.279 e. The van der Waals surface area contributed by atoms with Crippen molar-refractivity contribution in [3.8, 4) is 5.75 Å². The number of rotatable bonds is 6. The standard InChI is InChI=1S/C25H24N4O4/c1-16-6-5-9-21-23(16)26-15-29(25(21)32)13-12-22(30)27-28-24(31)17(2)33-20-11-10-18-7-3-4-8-19(18)14-20/h3-11,14-15,17H,12-13H2,1-2H3,(H,27,30)(H,28,31)/t17-/m0/s1. The van der Waals surface area contributed by atoms with E-state index in [0.717, 1.165) is 16.3 Å². The lowest BCUT2D eigenvalue weighted by Crippen LogP contribution is -2.47. The van der Waals surface area contributed by atoms with Crippen molar-refractivity contribution in [3.63, 3.8) is 0 Å². The summed E-state index contributed by atoms with van der Waals surface area (Å²) in [6, 6.07) is 18.8. The second kappa shape index (κ2) is 9.52. The first kappa shape index (κ1) is 22.0. The first-order valence-corrected chi connectivity index (χ1v) is 10.6. The molecular weight excluding hydrogens is 420 g/mol. The van der Waals surface area contributed by atoms with Crippen LogP contribution in [-0.2, 0) is 16.1 Å². The minimum atomic E-state index is -0.818. The highest BCUT2D eigenvalue weighted by Gasteiger charge is 2.16. The average Bonchev–Trinajstić information content (AvgIpc) is 2.82. The number of benzene rings is 3. The fourth-order valence-corrected chi connectivity index (χ4v) is 3.51. The quantitative estimate of drug-likeness (QED) is 0.445. The van der Waals surface area contributed by atoms with Crippen molar-refractivity contribution in [3.05, 3.63) is 82.9 Å². The molecule has 33 heavy (non-hydrogen) atoms. The minimum absolute atomic E-state index is 0.000891. The molecular formula is C25H24N4O4. The summed E-state index contributed by atoms with van der Waals surface area (Å²) < 4.78 is 7.08. The maximum absolute atomic E-state index is 12.6. The molecule has 0 radical (unpaired) electrons. The van der Waals surface area contributed by atoms with Gasteiger partial charge in [0.25, 0.3) is 11.5 Å². The van der Waals surface area contributed by atoms with E-state index in [4.69, 9.17) is 4.74 Å². The van der Waals surface area contributed by atoms with Crippen molar-refractivity contribution < 1.29 is 14.3 Å². The largest absolute Gasteiger partial charge is 0.481 e. The van der Waals surface area contributed by atoms with Crippen LogP contribution in [0.5, 0.6) is 5.75 Å². The van der Waals surface area contributed by atoms with Gasteiger partial charge in [-0.3, -0.25) is 29.8 Å². The molecule has 0 saturated heterocycles. The van der Waals surface area contributed by atoms with Crippen LogP contribution in [0.25, 0.3) is 21.7 Å². The van der Waals surface area contributed by atoms with Crippen LogP contribution in [-0.4, -0.2) is 27.5 Å². The normalized spacial score (nSPS) is 11.8. The van der Waals surface area contributed by atoms with E-state index in [-0.39, 0.29) is 18.5 Å². The fraction of sp³-hybridized carbons (Fsp3) is 0.200. The van der Waals surface area contributed by atoms with Crippen molar-refractivity contribution >= 4 is 33.5 Å². The van der Waals surface area contributed by atoms with E-state index in [9.17, 15) is 14.4 Å². The van der Waals surface area contributed by atoms with E-state index in [1.54, 1.807) is 25.1 Å². The Labute approximate surface area is 190 Å². The third-order valence-corrected chi connectivity index (χ3v) is 5.36. The minimum Gasteiger partial charge on any atom is -0.481 e. The highest BCUT2D eigenvalue weighted by molar-refractivity contribution is 5.86. The number of aryl methyl sites for hydroxylation is 2. The van der Waals surface area contributed by atoms with Gasteiger partial charge < -0.3 is 4.74 Å². The van der Waals surface area contributed by atoms with Gasteiger partial charge in [0.2, 0.25) is 5.91 Å². The number of fused-ring (bicyclic) bond motifs is 2. The summed E-state index contributed by atoms with van der Waals surface area (Å²) in [5, 5.41) is 2.58. The monoisotopic (exact) mass is 444 g/mol. The average molecular weight is 444 g/mol. The lowest BCUT2D eigenvalue weighted by molar-refractivity contribution is -0.132. The van der Waals surface area contributed by atoms with E-state index < -0.39 is 17.9 Å². The lowest BCUT2D eigenvalue weighted by atomic mass is 10.1. The van der Waals surface area contributed by atoms with E-state index >= 15 is 0 Å². The van der Waals surface area contributed by atoms with Gasteiger partial charge in [-0.05, 0) is 48.4 Å². The van der Waals surface area contributed by atoms with E-state index in [1.807, 2.05) is 49.4 Å². The number of nitrogens with zero attached hydrogens (tertiary/aromatic N) is 2. The smallest absolute Gasteiger partial charge is 0.279 e. The van der Waals surface area contributed by atoms with Gasteiger partial charge in [0.15, 0.2) is 6.10 Å². The number of amides is 2. The van der Waals surface area contributed by atoms with Crippen LogP contribution in [0.3, 0.4) is 0 Å². The molecule has 2 amide bonds. The molecule has 1 atom stereocenters. The molecule has 0 spiro atoms. The Kier molecular flexibility index (Phi) is 6.35. The second-order valence-corrected chi connectivity index (χ2v) is 7.77. The van der Waals surface area contributed by atoms with Gasteiger partial charge in [0.05, 0.1) is 17.2 Å². The van der Waals surface area contributed by atoms with Crippen LogP contribution in [0.4, 0.5) is 0 Å².